The van der Waals surface area contributed by atoms with E-state index in [4.69, 9.17) is 0 Å². The molecular formula is C18H18N6O. The topological polar surface area (TPSA) is 99.4 Å². The zero-order valence-electron chi connectivity index (χ0n) is 14.0. The fourth-order valence-electron chi connectivity index (χ4n) is 2.60. The number of aromatic amines is 1. The minimum atomic E-state index is -0.752. The van der Waals surface area contributed by atoms with Crippen LogP contribution in [0, 0.1) is 25.2 Å². The summed E-state index contributed by atoms with van der Waals surface area (Å²) in [6.45, 7) is 3.71. The van der Waals surface area contributed by atoms with E-state index >= 15 is 0 Å². The van der Waals surface area contributed by atoms with Crippen molar-refractivity contribution < 1.29 is 4.79 Å². The van der Waals surface area contributed by atoms with Gasteiger partial charge in [0.25, 0.3) is 0 Å². The van der Waals surface area contributed by atoms with Gasteiger partial charge in [-0.1, -0.05) is 18.2 Å². The predicted molar refractivity (Wildman–Crippen MR) is 91.8 cm³/mol. The van der Waals surface area contributed by atoms with Crippen LogP contribution in [0.2, 0.25) is 0 Å². The van der Waals surface area contributed by atoms with Gasteiger partial charge in [-0.05, 0) is 26.0 Å². The highest BCUT2D eigenvalue weighted by Gasteiger charge is 2.18. The molecule has 1 amide bonds. The number of aryl methyl sites for hydroxylation is 2. The Bertz CT molecular complexity index is 899. The average Bonchev–Trinajstić information content (AvgIpc) is 3.23. The first kappa shape index (κ1) is 16.5. The summed E-state index contributed by atoms with van der Waals surface area (Å²) in [7, 11) is 0. The van der Waals surface area contributed by atoms with Crippen molar-refractivity contribution in [1.29, 1.82) is 5.26 Å². The molecule has 7 heteroatoms. The number of nitrogens with one attached hydrogen (secondary N) is 2. The first-order valence-electron chi connectivity index (χ1n) is 7.88. The molecule has 0 bridgehead atoms. The lowest BCUT2D eigenvalue weighted by Gasteiger charge is -2.10. The Balaban J connectivity index is 1.72. The number of aromatic nitrogens is 4. The van der Waals surface area contributed by atoms with Crippen molar-refractivity contribution in [2.45, 2.75) is 26.3 Å². The molecule has 3 rings (SSSR count). The zero-order valence-corrected chi connectivity index (χ0v) is 14.0. The Kier molecular flexibility index (Phi) is 4.61. The summed E-state index contributed by atoms with van der Waals surface area (Å²) in [5.41, 5.74) is 4.03. The molecule has 1 atom stereocenters. The molecule has 2 heterocycles. The maximum Gasteiger partial charge on any atom is 0.225 e. The molecular weight excluding hydrogens is 316 g/mol. The van der Waals surface area contributed by atoms with E-state index in [2.05, 4.69) is 26.7 Å². The Labute approximate surface area is 145 Å². The number of rotatable bonds is 5. The van der Waals surface area contributed by atoms with E-state index in [-0.39, 0.29) is 12.3 Å². The monoisotopic (exact) mass is 334 g/mol. The van der Waals surface area contributed by atoms with E-state index in [1.54, 1.807) is 17.1 Å². The zero-order chi connectivity index (χ0) is 17.8. The average molecular weight is 334 g/mol. The smallest absolute Gasteiger partial charge is 0.225 e. The van der Waals surface area contributed by atoms with E-state index in [0.717, 1.165) is 22.6 Å². The highest BCUT2D eigenvalue weighted by Crippen LogP contribution is 2.15. The number of para-hydroxylation sites is 1. The van der Waals surface area contributed by atoms with Gasteiger partial charge in [-0.25, -0.2) is 4.68 Å². The lowest BCUT2D eigenvalue weighted by molar-refractivity contribution is -0.120. The highest BCUT2D eigenvalue weighted by molar-refractivity contribution is 5.79. The molecule has 0 radical (unpaired) electrons. The molecule has 25 heavy (non-hydrogen) atoms. The number of nitrogens with zero attached hydrogens (tertiary/aromatic N) is 4. The summed E-state index contributed by atoms with van der Waals surface area (Å²) < 4.78 is 1.68. The second-order valence-electron chi connectivity index (χ2n) is 5.77. The summed E-state index contributed by atoms with van der Waals surface area (Å²) in [6.07, 6.45) is 3.52. The second-order valence-corrected chi connectivity index (χ2v) is 5.77. The molecule has 0 spiro atoms. The number of nitriles is 1. The molecule has 0 saturated heterocycles. The molecule has 126 valence electrons. The fourth-order valence-corrected chi connectivity index (χ4v) is 2.60. The Hall–Kier alpha value is -3.40. The molecule has 0 aliphatic carbocycles. The molecule has 7 nitrogen and oxygen atoms in total. The van der Waals surface area contributed by atoms with Gasteiger partial charge < -0.3 is 5.32 Å². The van der Waals surface area contributed by atoms with E-state index in [0.29, 0.717) is 5.56 Å². The number of hydrogen-bond acceptors (Lipinski definition) is 4. The number of carbonyl (C=O) groups is 1. The molecule has 2 N–H and O–H groups in total. The van der Waals surface area contributed by atoms with E-state index in [1.165, 1.54) is 0 Å². The molecule has 2 aromatic heterocycles. The van der Waals surface area contributed by atoms with Gasteiger partial charge in [-0.15, -0.1) is 0 Å². The molecule has 0 unspecified atom stereocenters. The van der Waals surface area contributed by atoms with Crippen LogP contribution in [0.25, 0.3) is 5.69 Å². The van der Waals surface area contributed by atoms with Crippen LogP contribution in [0.3, 0.4) is 0 Å². The lowest BCUT2D eigenvalue weighted by atomic mass is 10.1. The first-order chi connectivity index (χ1) is 12.1. The minimum absolute atomic E-state index is 0.180. The van der Waals surface area contributed by atoms with Crippen LogP contribution in [0.5, 0.6) is 0 Å². The van der Waals surface area contributed by atoms with Crippen LogP contribution in [-0.4, -0.2) is 25.9 Å². The summed E-state index contributed by atoms with van der Waals surface area (Å²) >= 11 is 0. The van der Waals surface area contributed by atoms with Gasteiger partial charge in [0.1, 0.15) is 6.04 Å². The SMILES string of the molecule is Cc1n[nH]c(C)c1CC(=O)N[C@@H](C#N)c1cnn(-c2ccccc2)c1. The van der Waals surface area contributed by atoms with Gasteiger partial charge in [0.15, 0.2) is 0 Å². The Morgan fingerprint density at radius 3 is 2.76 bits per heavy atom. The normalized spacial score (nSPS) is 11.7. The maximum absolute atomic E-state index is 12.3. The van der Waals surface area contributed by atoms with Crippen LogP contribution in [-0.2, 0) is 11.2 Å². The van der Waals surface area contributed by atoms with Crippen LogP contribution >= 0.6 is 0 Å². The first-order valence-corrected chi connectivity index (χ1v) is 7.88. The van der Waals surface area contributed by atoms with Crippen molar-refractivity contribution in [3.63, 3.8) is 0 Å². The molecule has 0 saturated carbocycles. The van der Waals surface area contributed by atoms with Crippen molar-refractivity contribution in [3.8, 4) is 11.8 Å². The largest absolute Gasteiger partial charge is 0.336 e. The third kappa shape index (κ3) is 3.58. The molecule has 3 aromatic rings. The van der Waals surface area contributed by atoms with Crippen molar-refractivity contribution in [1.82, 2.24) is 25.3 Å². The van der Waals surface area contributed by atoms with Gasteiger partial charge in [-0.2, -0.15) is 15.5 Å². The van der Waals surface area contributed by atoms with Crippen molar-refractivity contribution in [2.24, 2.45) is 0 Å². The number of carbonyl (C=O) groups excluding carboxylic acids is 1. The van der Waals surface area contributed by atoms with Crippen LogP contribution in [0.15, 0.2) is 42.7 Å². The summed E-state index contributed by atoms with van der Waals surface area (Å²) in [5.74, 6) is -0.230. The van der Waals surface area contributed by atoms with Crippen LogP contribution < -0.4 is 5.32 Å². The van der Waals surface area contributed by atoms with Gasteiger partial charge in [0.2, 0.25) is 5.91 Å². The summed E-state index contributed by atoms with van der Waals surface area (Å²) in [4.78, 5) is 12.3. The molecule has 1 aromatic carbocycles. The highest BCUT2D eigenvalue weighted by atomic mass is 16.1. The third-order valence-electron chi connectivity index (χ3n) is 4.01. The molecule has 0 fully saturated rings. The van der Waals surface area contributed by atoms with Gasteiger partial charge in [-0.3, -0.25) is 9.89 Å². The van der Waals surface area contributed by atoms with E-state index in [9.17, 15) is 10.1 Å². The van der Waals surface area contributed by atoms with Gasteiger partial charge in [0, 0.05) is 23.0 Å². The van der Waals surface area contributed by atoms with E-state index in [1.807, 2.05) is 44.2 Å². The predicted octanol–water partition coefficient (Wildman–Crippen LogP) is 2.14. The third-order valence-corrected chi connectivity index (χ3v) is 4.01. The summed E-state index contributed by atoms with van der Waals surface area (Å²) in [5, 5.41) is 23.4. The minimum Gasteiger partial charge on any atom is -0.336 e. The van der Waals surface area contributed by atoms with Crippen molar-refractivity contribution in [3.05, 3.63) is 65.2 Å². The number of benzene rings is 1. The fraction of sp³-hybridized carbons (Fsp3) is 0.222. The quantitative estimate of drug-likeness (QED) is 0.746. The lowest BCUT2D eigenvalue weighted by Crippen LogP contribution is -2.29. The van der Waals surface area contributed by atoms with Crippen LogP contribution in [0.4, 0.5) is 0 Å². The summed E-state index contributed by atoms with van der Waals surface area (Å²) in [6, 6.07) is 10.9. The number of hydrogen-bond donors (Lipinski definition) is 2. The number of amides is 1. The van der Waals surface area contributed by atoms with Crippen molar-refractivity contribution in [2.75, 3.05) is 0 Å². The van der Waals surface area contributed by atoms with Gasteiger partial charge >= 0.3 is 0 Å². The van der Waals surface area contributed by atoms with E-state index < -0.39 is 6.04 Å². The number of H-pyrrole nitrogens is 1. The molecule has 0 aliphatic rings. The Morgan fingerprint density at radius 2 is 2.12 bits per heavy atom. The van der Waals surface area contributed by atoms with Crippen LogP contribution in [0.1, 0.15) is 28.6 Å². The second kappa shape index (κ2) is 7.01. The van der Waals surface area contributed by atoms with Crippen molar-refractivity contribution >= 4 is 5.91 Å². The Morgan fingerprint density at radius 1 is 1.36 bits per heavy atom. The molecule has 0 aliphatic heterocycles. The van der Waals surface area contributed by atoms with Gasteiger partial charge in [0.05, 0.1) is 30.1 Å². The maximum atomic E-state index is 12.3. The standard InChI is InChI=1S/C18H18N6O/c1-12-16(13(2)23-22-12)8-18(25)21-17(9-19)14-10-20-24(11-14)15-6-4-3-5-7-15/h3-7,10-11,17H,8H2,1-2H3,(H,21,25)(H,22,23)/t17-/m0/s1.